The molecule has 1 N–H and O–H groups in total. The normalized spacial score (nSPS) is 11.7. The first-order valence-electron chi connectivity index (χ1n) is 8.13. The maximum atomic E-state index is 3.58. The molecule has 1 heteroatoms. The molecule has 1 heterocycles. The molecule has 1 aromatic heterocycles. The van der Waals surface area contributed by atoms with Gasteiger partial charge in [0.15, 0.2) is 0 Å². The number of para-hydroxylation sites is 1. The lowest BCUT2D eigenvalue weighted by atomic mass is 10.0. The molecule has 0 saturated heterocycles. The summed E-state index contributed by atoms with van der Waals surface area (Å²) < 4.78 is 0. The minimum Gasteiger partial charge on any atom is -0.355 e. The number of aromatic nitrogens is 1. The molecule has 0 radical (unpaired) electrons. The van der Waals surface area contributed by atoms with Gasteiger partial charge in [0.05, 0.1) is 0 Å². The van der Waals surface area contributed by atoms with Crippen molar-refractivity contribution in [3.8, 4) is 0 Å². The van der Waals surface area contributed by atoms with Crippen LogP contribution in [-0.4, -0.2) is 4.98 Å². The van der Waals surface area contributed by atoms with Crippen molar-refractivity contribution in [1.29, 1.82) is 0 Å². The number of H-pyrrole nitrogens is 1. The van der Waals surface area contributed by atoms with E-state index >= 15 is 0 Å². The number of fused-ring (bicyclic) bond motifs is 1. The average Bonchev–Trinajstić information content (AvgIpc) is 2.82. The van der Waals surface area contributed by atoms with E-state index < -0.39 is 0 Å². The summed E-state index contributed by atoms with van der Waals surface area (Å²) in [5.41, 5.74) is 4.09. The molecule has 0 aliphatic heterocycles. The van der Waals surface area contributed by atoms with Gasteiger partial charge in [0, 0.05) is 16.6 Å². The molecule has 0 fully saturated rings. The molecule has 2 rings (SSSR count). The Morgan fingerprint density at radius 1 is 1.00 bits per heavy atom. The summed E-state index contributed by atoms with van der Waals surface area (Å²) in [5.74, 6) is 0. The van der Waals surface area contributed by atoms with Crippen LogP contribution in [0.1, 0.15) is 63.6 Å². The van der Waals surface area contributed by atoms with Crippen LogP contribution in [0.2, 0.25) is 0 Å². The van der Waals surface area contributed by atoms with E-state index in [-0.39, 0.29) is 0 Å². The SMILES string of the molecule is CCCC/C=C/c1[nH]c2ccccc2c1CCCCC. The second kappa shape index (κ2) is 7.94. The van der Waals surface area contributed by atoms with Gasteiger partial charge in [0.25, 0.3) is 0 Å². The fraction of sp³-hybridized carbons (Fsp3) is 0.474. The van der Waals surface area contributed by atoms with Crippen LogP contribution in [0.3, 0.4) is 0 Å². The van der Waals surface area contributed by atoms with Crippen molar-refractivity contribution in [3.63, 3.8) is 0 Å². The highest BCUT2D eigenvalue weighted by molar-refractivity contribution is 5.87. The van der Waals surface area contributed by atoms with Gasteiger partial charge in [-0.1, -0.05) is 63.8 Å². The largest absolute Gasteiger partial charge is 0.355 e. The van der Waals surface area contributed by atoms with E-state index in [4.69, 9.17) is 0 Å². The second-order valence-corrected chi connectivity index (χ2v) is 5.56. The third-order valence-corrected chi connectivity index (χ3v) is 3.89. The lowest BCUT2D eigenvalue weighted by Crippen LogP contribution is -1.87. The molecule has 108 valence electrons. The number of hydrogen-bond donors (Lipinski definition) is 1. The van der Waals surface area contributed by atoms with Crippen molar-refractivity contribution in [1.82, 2.24) is 4.98 Å². The number of nitrogens with one attached hydrogen (secondary N) is 1. The average molecular weight is 269 g/mol. The quantitative estimate of drug-likeness (QED) is 0.557. The first-order valence-corrected chi connectivity index (χ1v) is 8.13. The zero-order valence-electron chi connectivity index (χ0n) is 12.9. The fourth-order valence-corrected chi connectivity index (χ4v) is 2.71. The highest BCUT2D eigenvalue weighted by atomic mass is 14.7. The maximum absolute atomic E-state index is 3.58. The molecule has 0 amide bonds. The van der Waals surface area contributed by atoms with Crippen molar-refractivity contribution in [2.45, 2.75) is 58.8 Å². The molecule has 0 spiro atoms. The van der Waals surface area contributed by atoms with Crippen LogP contribution in [0.25, 0.3) is 17.0 Å². The maximum Gasteiger partial charge on any atom is 0.0461 e. The molecule has 0 aliphatic carbocycles. The van der Waals surface area contributed by atoms with Gasteiger partial charge in [-0.3, -0.25) is 0 Å². The van der Waals surface area contributed by atoms with Gasteiger partial charge in [0.2, 0.25) is 0 Å². The molecule has 0 saturated carbocycles. The van der Waals surface area contributed by atoms with Crippen LogP contribution >= 0.6 is 0 Å². The fourth-order valence-electron chi connectivity index (χ4n) is 2.71. The minimum atomic E-state index is 1.18. The number of hydrogen-bond acceptors (Lipinski definition) is 0. The number of unbranched alkanes of at least 4 members (excludes halogenated alkanes) is 4. The molecule has 1 aromatic carbocycles. The molecular formula is C19H27N. The van der Waals surface area contributed by atoms with Crippen LogP contribution in [0.5, 0.6) is 0 Å². The predicted molar refractivity (Wildman–Crippen MR) is 90.1 cm³/mol. The molecule has 0 atom stereocenters. The van der Waals surface area contributed by atoms with E-state index in [9.17, 15) is 0 Å². The Hall–Kier alpha value is -1.50. The Balaban J connectivity index is 2.21. The van der Waals surface area contributed by atoms with E-state index in [0.29, 0.717) is 0 Å². The molecule has 20 heavy (non-hydrogen) atoms. The van der Waals surface area contributed by atoms with Crippen LogP contribution < -0.4 is 0 Å². The number of aryl methyl sites for hydroxylation is 1. The molecule has 0 bridgehead atoms. The van der Waals surface area contributed by atoms with Crippen LogP contribution in [0.4, 0.5) is 0 Å². The third kappa shape index (κ3) is 3.75. The highest BCUT2D eigenvalue weighted by Gasteiger charge is 2.08. The standard InChI is InChI=1S/C19H27N/c1-3-5-7-9-14-18-16(12-8-6-4-2)17-13-10-11-15-19(17)20-18/h9-11,13-15,20H,3-8,12H2,1-2H3/b14-9+. The number of benzene rings is 1. The summed E-state index contributed by atoms with van der Waals surface area (Å²) in [4.78, 5) is 3.58. The summed E-state index contributed by atoms with van der Waals surface area (Å²) in [6.07, 6.45) is 13.4. The number of aromatic amines is 1. The summed E-state index contributed by atoms with van der Waals surface area (Å²) in [6, 6.07) is 8.68. The molecule has 2 aromatic rings. The van der Waals surface area contributed by atoms with Gasteiger partial charge in [-0.25, -0.2) is 0 Å². The monoisotopic (exact) mass is 269 g/mol. The second-order valence-electron chi connectivity index (χ2n) is 5.56. The Bertz CT molecular complexity index is 548. The zero-order chi connectivity index (χ0) is 14.2. The van der Waals surface area contributed by atoms with Crippen molar-refractivity contribution in [2.75, 3.05) is 0 Å². The first kappa shape index (κ1) is 14.9. The molecule has 1 nitrogen and oxygen atoms in total. The van der Waals surface area contributed by atoms with Crippen LogP contribution in [-0.2, 0) is 6.42 Å². The highest BCUT2D eigenvalue weighted by Crippen LogP contribution is 2.25. The zero-order valence-corrected chi connectivity index (χ0v) is 12.9. The van der Waals surface area contributed by atoms with Crippen molar-refractivity contribution in [3.05, 3.63) is 41.6 Å². The van der Waals surface area contributed by atoms with Crippen molar-refractivity contribution >= 4 is 17.0 Å². The van der Waals surface area contributed by atoms with Gasteiger partial charge < -0.3 is 4.98 Å². The summed E-state index contributed by atoms with van der Waals surface area (Å²) in [6.45, 7) is 4.51. The van der Waals surface area contributed by atoms with E-state index in [0.717, 1.165) is 0 Å². The number of allylic oxidation sites excluding steroid dienone is 1. The Labute approximate surface area is 123 Å². The lowest BCUT2D eigenvalue weighted by Gasteiger charge is -2.01. The van der Waals surface area contributed by atoms with Crippen LogP contribution in [0, 0.1) is 0 Å². The molecule has 0 unspecified atom stereocenters. The summed E-state index contributed by atoms with van der Waals surface area (Å²) in [5, 5.41) is 1.40. The van der Waals surface area contributed by atoms with Gasteiger partial charge >= 0.3 is 0 Å². The Kier molecular flexibility index (Phi) is 5.91. The van der Waals surface area contributed by atoms with E-state index in [2.05, 4.69) is 55.2 Å². The molecule has 0 aliphatic rings. The summed E-state index contributed by atoms with van der Waals surface area (Å²) in [7, 11) is 0. The molecular weight excluding hydrogens is 242 g/mol. The van der Waals surface area contributed by atoms with E-state index in [1.807, 2.05) is 0 Å². The van der Waals surface area contributed by atoms with E-state index in [1.54, 1.807) is 0 Å². The Morgan fingerprint density at radius 2 is 1.80 bits per heavy atom. The first-order chi connectivity index (χ1) is 9.86. The van der Waals surface area contributed by atoms with Gasteiger partial charge in [-0.15, -0.1) is 0 Å². The van der Waals surface area contributed by atoms with Gasteiger partial charge in [-0.05, 0) is 37.0 Å². The van der Waals surface area contributed by atoms with Crippen molar-refractivity contribution in [2.24, 2.45) is 0 Å². The predicted octanol–water partition coefficient (Wildman–Crippen LogP) is 6.10. The van der Waals surface area contributed by atoms with Crippen LogP contribution in [0.15, 0.2) is 30.3 Å². The van der Waals surface area contributed by atoms with Gasteiger partial charge in [0.1, 0.15) is 0 Å². The topological polar surface area (TPSA) is 15.8 Å². The Morgan fingerprint density at radius 3 is 2.60 bits per heavy atom. The van der Waals surface area contributed by atoms with E-state index in [1.165, 1.54) is 67.1 Å². The smallest absolute Gasteiger partial charge is 0.0461 e. The summed E-state index contributed by atoms with van der Waals surface area (Å²) >= 11 is 0. The third-order valence-electron chi connectivity index (χ3n) is 3.89. The number of rotatable bonds is 8. The van der Waals surface area contributed by atoms with Crippen molar-refractivity contribution < 1.29 is 0 Å². The van der Waals surface area contributed by atoms with Gasteiger partial charge in [-0.2, -0.15) is 0 Å². The lowest BCUT2D eigenvalue weighted by molar-refractivity contribution is 0.719. The minimum absolute atomic E-state index is 1.18.